The highest BCUT2D eigenvalue weighted by atomic mass is 32.1. The molecule has 1 fully saturated rings. The normalized spacial score (nSPS) is 24.5. The first kappa shape index (κ1) is 12.3. The van der Waals surface area contributed by atoms with Gasteiger partial charge < -0.3 is 0 Å². The molecule has 4 heteroatoms. The molecule has 92 valence electrons. The first-order chi connectivity index (χ1) is 8.18. The first-order valence-electron chi connectivity index (χ1n) is 6.10. The Balaban J connectivity index is 2.02. The van der Waals surface area contributed by atoms with E-state index in [1.165, 1.54) is 30.6 Å². The van der Waals surface area contributed by atoms with Crippen LogP contribution in [0.1, 0.15) is 42.8 Å². The van der Waals surface area contributed by atoms with Crippen molar-refractivity contribution in [3.05, 3.63) is 22.4 Å². The fourth-order valence-corrected chi connectivity index (χ4v) is 2.92. The van der Waals surface area contributed by atoms with Gasteiger partial charge in [0.25, 0.3) is 5.91 Å². The Hall–Kier alpha value is -1.16. The molecule has 0 saturated heterocycles. The van der Waals surface area contributed by atoms with Gasteiger partial charge in [0.05, 0.1) is 4.88 Å². The summed E-state index contributed by atoms with van der Waals surface area (Å²) in [6, 6.07) is 3.69. The van der Waals surface area contributed by atoms with Crippen LogP contribution in [0.2, 0.25) is 0 Å². The highest BCUT2D eigenvalue weighted by Gasteiger charge is 2.23. The van der Waals surface area contributed by atoms with Gasteiger partial charge in [-0.15, -0.1) is 11.3 Å². The van der Waals surface area contributed by atoms with Crippen molar-refractivity contribution in [3.8, 4) is 0 Å². The van der Waals surface area contributed by atoms with Crippen molar-refractivity contribution in [1.29, 1.82) is 0 Å². The van der Waals surface area contributed by atoms with Crippen molar-refractivity contribution >= 4 is 23.0 Å². The Bertz CT molecular complexity index is 399. The minimum Gasteiger partial charge on any atom is -0.266 e. The maximum atomic E-state index is 11.8. The predicted octanol–water partition coefficient (Wildman–Crippen LogP) is 3.29. The van der Waals surface area contributed by atoms with Crippen molar-refractivity contribution in [2.45, 2.75) is 33.1 Å². The van der Waals surface area contributed by atoms with Crippen LogP contribution < -0.4 is 5.43 Å². The molecule has 0 unspecified atom stereocenters. The number of carbonyl (C=O) groups is 1. The molecule has 1 amide bonds. The molecule has 3 nitrogen and oxygen atoms in total. The fraction of sp³-hybridized carbons (Fsp3) is 0.538. The molecule has 0 bridgehead atoms. The summed E-state index contributed by atoms with van der Waals surface area (Å²) in [4.78, 5) is 12.5. The molecule has 1 saturated carbocycles. The van der Waals surface area contributed by atoms with Crippen LogP contribution in [0.15, 0.2) is 22.6 Å². The third-order valence-corrected chi connectivity index (χ3v) is 4.18. The van der Waals surface area contributed by atoms with E-state index >= 15 is 0 Å². The van der Waals surface area contributed by atoms with Crippen LogP contribution in [0.5, 0.6) is 0 Å². The molecule has 0 radical (unpaired) electrons. The van der Waals surface area contributed by atoms with Crippen LogP contribution in [0.3, 0.4) is 0 Å². The van der Waals surface area contributed by atoms with Crippen molar-refractivity contribution in [2.24, 2.45) is 16.9 Å². The second-order valence-electron chi connectivity index (χ2n) is 4.69. The molecule has 0 aromatic carbocycles. The Labute approximate surface area is 106 Å². The number of carbonyl (C=O) groups excluding carboxylic acids is 1. The maximum absolute atomic E-state index is 11.8. The molecule has 1 aliphatic carbocycles. The zero-order valence-corrected chi connectivity index (χ0v) is 11.1. The largest absolute Gasteiger partial charge is 0.281 e. The topological polar surface area (TPSA) is 41.5 Å². The summed E-state index contributed by atoms with van der Waals surface area (Å²) in [6.07, 6.45) is 3.62. The average molecular weight is 250 g/mol. The Morgan fingerprint density at radius 3 is 2.71 bits per heavy atom. The Kier molecular flexibility index (Phi) is 3.94. The van der Waals surface area contributed by atoms with Gasteiger partial charge in [-0.3, -0.25) is 4.79 Å². The molecule has 1 N–H and O–H groups in total. The summed E-state index contributed by atoms with van der Waals surface area (Å²) in [7, 11) is 0. The number of hydrazone groups is 1. The minimum atomic E-state index is -0.0996. The molecule has 17 heavy (non-hydrogen) atoms. The predicted molar refractivity (Wildman–Crippen MR) is 71.4 cm³/mol. The van der Waals surface area contributed by atoms with E-state index in [0.29, 0.717) is 16.7 Å². The molecule has 0 aliphatic heterocycles. The monoisotopic (exact) mass is 250 g/mol. The lowest BCUT2D eigenvalue weighted by molar-refractivity contribution is 0.0958. The van der Waals surface area contributed by atoms with Crippen LogP contribution in [0, 0.1) is 11.8 Å². The van der Waals surface area contributed by atoms with Crippen molar-refractivity contribution < 1.29 is 4.79 Å². The molecular formula is C13H18N2OS. The van der Waals surface area contributed by atoms with Gasteiger partial charge in [-0.1, -0.05) is 26.3 Å². The van der Waals surface area contributed by atoms with Crippen LogP contribution in [-0.4, -0.2) is 11.6 Å². The van der Waals surface area contributed by atoms with E-state index in [1.54, 1.807) is 0 Å². The van der Waals surface area contributed by atoms with Gasteiger partial charge in [0.1, 0.15) is 0 Å². The summed E-state index contributed by atoms with van der Waals surface area (Å²) in [5.41, 5.74) is 3.82. The highest BCUT2D eigenvalue weighted by Crippen LogP contribution is 2.25. The van der Waals surface area contributed by atoms with Crippen molar-refractivity contribution in [3.63, 3.8) is 0 Å². The quantitative estimate of drug-likeness (QED) is 0.804. The summed E-state index contributed by atoms with van der Waals surface area (Å²) >= 11 is 1.44. The van der Waals surface area contributed by atoms with Crippen LogP contribution in [0.25, 0.3) is 0 Å². The Morgan fingerprint density at radius 1 is 1.41 bits per heavy atom. The minimum absolute atomic E-state index is 0.0996. The molecule has 1 aliphatic rings. The number of rotatable bonds is 2. The van der Waals surface area contributed by atoms with Gasteiger partial charge in [-0.05, 0) is 36.1 Å². The summed E-state index contributed by atoms with van der Waals surface area (Å²) in [5, 5.41) is 6.22. The van der Waals surface area contributed by atoms with E-state index in [9.17, 15) is 4.79 Å². The number of nitrogens with one attached hydrogen (secondary N) is 1. The van der Waals surface area contributed by atoms with Gasteiger partial charge in [-0.2, -0.15) is 5.10 Å². The first-order valence-corrected chi connectivity index (χ1v) is 6.97. The average Bonchev–Trinajstić information content (AvgIpc) is 2.81. The zero-order valence-electron chi connectivity index (χ0n) is 10.3. The number of hydrogen-bond donors (Lipinski definition) is 1. The smallest absolute Gasteiger partial charge is 0.266 e. The second kappa shape index (κ2) is 5.45. The molecule has 2 rings (SSSR count). The van der Waals surface area contributed by atoms with E-state index in [4.69, 9.17) is 0 Å². The SMILES string of the molecule is C[C@H]1CCC[C@H](C)C1=NNC(=O)c1cccs1. The highest BCUT2D eigenvalue weighted by molar-refractivity contribution is 7.12. The van der Waals surface area contributed by atoms with E-state index in [1.807, 2.05) is 17.5 Å². The van der Waals surface area contributed by atoms with Crippen LogP contribution in [0.4, 0.5) is 0 Å². The summed E-state index contributed by atoms with van der Waals surface area (Å²) in [5.74, 6) is 0.877. The van der Waals surface area contributed by atoms with E-state index in [-0.39, 0.29) is 5.91 Å². The fourth-order valence-electron chi connectivity index (χ4n) is 2.31. The molecular weight excluding hydrogens is 232 g/mol. The zero-order chi connectivity index (χ0) is 12.3. The number of hydrogen-bond acceptors (Lipinski definition) is 3. The Morgan fingerprint density at radius 2 is 2.12 bits per heavy atom. The third kappa shape index (κ3) is 2.94. The van der Waals surface area contributed by atoms with Crippen molar-refractivity contribution in [1.82, 2.24) is 5.43 Å². The summed E-state index contributed by atoms with van der Waals surface area (Å²) < 4.78 is 0. The molecule has 2 atom stereocenters. The third-order valence-electron chi connectivity index (χ3n) is 3.32. The lowest BCUT2D eigenvalue weighted by Gasteiger charge is -2.26. The molecule has 1 aromatic rings. The molecule has 1 heterocycles. The lowest BCUT2D eigenvalue weighted by atomic mass is 9.81. The number of thiophene rings is 1. The van der Waals surface area contributed by atoms with Crippen LogP contribution >= 0.6 is 11.3 Å². The number of nitrogens with zero attached hydrogens (tertiary/aromatic N) is 1. The lowest BCUT2D eigenvalue weighted by Crippen LogP contribution is -2.29. The van der Waals surface area contributed by atoms with E-state index < -0.39 is 0 Å². The van der Waals surface area contributed by atoms with Crippen molar-refractivity contribution in [2.75, 3.05) is 0 Å². The van der Waals surface area contributed by atoms with E-state index in [2.05, 4.69) is 24.4 Å². The van der Waals surface area contributed by atoms with Gasteiger partial charge in [-0.25, -0.2) is 5.43 Å². The summed E-state index contributed by atoms with van der Waals surface area (Å²) in [6.45, 7) is 4.37. The van der Waals surface area contributed by atoms with E-state index in [0.717, 1.165) is 5.71 Å². The van der Waals surface area contributed by atoms with Gasteiger partial charge in [0.15, 0.2) is 0 Å². The van der Waals surface area contributed by atoms with Crippen LogP contribution in [-0.2, 0) is 0 Å². The van der Waals surface area contributed by atoms with Gasteiger partial charge in [0.2, 0.25) is 0 Å². The second-order valence-corrected chi connectivity index (χ2v) is 5.64. The molecule has 1 aromatic heterocycles. The van der Waals surface area contributed by atoms with Gasteiger partial charge >= 0.3 is 0 Å². The van der Waals surface area contributed by atoms with Gasteiger partial charge in [0, 0.05) is 5.71 Å². The number of amides is 1. The maximum Gasteiger partial charge on any atom is 0.281 e. The standard InChI is InChI=1S/C13H18N2OS/c1-9-5-3-6-10(2)12(9)14-15-13(16)11-7-4-8-17-11/h4,7-10H,3,5-6H2,1-2H3,(H,15,16)/t9-,10-/m0/s1. The molecule has 0 spiro atoms.